The van der Waals surface area contributed by atoms with Gasteiger partial charge in [0.15, 0.2) is 0 Å². The highest BCUT2D eigenvalue weighted by Gasteiger charge is 2.46. The van der Waals surface area contributed by atoms with Crippen molar-refractivity contribution < 1.29 is 14.6 Å². The first-order valence-corrected chi connectivity index (χ1v) is 7.14. The number of cyclic esters (lactones) is 1. The van der Waals surface area contributed by atoms with Crippen LogP contribution in [-0.4, -0.2) is 34.7 Å². The minimum absolute atomic E-state index is 0.158. The first-order valence-electron chi connectivity index (χ1n) is 7.14. The van der Waals surface area contributed by atoms with E-state index in [-0.39, 0.29) is 18.1 Å². The van der Waals surface area contributed by atoms with Gasteiger partial charge in [-0.1, -0.05) is 24.3 Å². The standard InChI is InChI=1S/C16H17NO3/c1-9-15-14(16(19)20-9)13(18)8-12-11-5-3-2-4-10(11)6-7-17(12)15/h2-5,9,12-13,18H,6-8H2,1H3/t9-,12+,13+/m1/s1. The van der Waals surface area contributed by atoms with Gasteiger partial charge in [0.05, 0.1) is 23.4 Å². The van der Waals surface area contributed by atoms with Crippen molar-refractivity contribution in [1.29, 1.82) is 0 Å². The summed E-state index contributed by atoms with van der Waals surface area (Å²) in [6.45, 7) is 2.77. The smallest absolute Gasteiger partial charge is 0.339 e. The van der Waals surface area contributed by atoms with E-state index in [9.17, 15) is 9.90 Å². The minimum Gasteiger partial charge on any atom is -0.453 e. The van der Waals surface area contributed by atoms with Crippen LogP contribution in [0.15, 0.2) is 35.5 Å². The number of rotatable bonds is 0. The van der Waals surface area contributed by atoms with Gasteiger partial charge in [-0.2, -0.15) is 0 Å². The highest BCUT2D eigenvalue weighted by atomic mass is 16.5. The van der Waals surface area contributed by atoms with Crippen molar-refractivity contribution in [3.63, 3.8) is 0 Å². The zero-order valence-corrected chi connectivity index (χ0v) is 11.4. The molecule has 0 unspecified atom stereocenters. The molecule has 0 spiro atoms. The molecule has 3 heterocycles. The maximum atomic E-state index is 11.9. The van der Waals surface area contributed by atoms with Crippen LogP contribution in [0.2, 0.25) is 0 Å². The third-order valence-electron chi connectivity index (χ3n) is 4.67. The van der Waals surface area contributed by atoms with E-state index >= 15 is 0 Å². The van der Waals surface area contributed by atoms with Crippen molar-refractivity contribution in [2.24, 2.45) is 0 Å². The first-order chi connectivity index (χ1) is 9.66. The average Bonchev–Trinajstić information content (AvgIpc) is 2.75. The van der Waals surface area contributed by atoms with Crippen LogP contribution in [0.4, 0.5) is 0 Å². The lowest BCUT2D eigenvalue weighted by Gasteiger charge is -2.44. The zero-order chi connectivity index (χ0) is 13.9. The molecule has 20 heavy (non-hydrogen) atoms. The van der Waals surface area contributed by atoms with Gasteiger partial charge in [-0.3, -0.25) is 0 Å². The topological polar surface area (TPSA) is 49.8 Å². The van der Waals surface area contributed by atoms with Gasteiger partial charge in [-0.05, 0) is 24.5 Å². The number of hydrogen-bond donors (Lipinski definition) is 1. The Balaban J connectivity index is 1.84. The number of fused-ring (bicyclic) bond motifs is 4. The number of nitrogens with zero attached hydrogens (tertiary/aromatic N) is 1. The molecule has 4 nitrogen and oxygen atoms in total. The van der Waals surface area contributed by atoms with Crippen LogP contribution in [0.5, 0.6) is 0 Å². The minimum atomic E-state index is -0.713. The van der Waals surface area contributed by atoms with E-state index in [0.717, 1.165) is 18.7 Å². The summed E-state index contributed by atoms with van der Waals surface area (Å²) in [4.78, 5) is 14.1. The molecule has 0 aliphatic carbocycles. The van der Waals surface area contributed by atoms with Gasteiger partial charge in [-0.25, -0.2) is 4.79 Å². The van der Waals surface area contributed by atoms with Gasteiger partial charge in [0.2, 0.25) is 0 Å². The molecule has 0 saturated carbocycles. The van der Waals surface area contributed by atoms with Crippen molar-refractivity contribution in [1.82, 2.24) is 4.90 Å². The molecule has 1 aromatic carbocycles. The first kappa shape index (κ1) is 12.0. The molecule has 3 aliphatic heterocycles. The van der Waals surface area contributed by atoms with Crippen LogP contribution >= 0.6 is 0 Å². The Bertz CT molecular complexity index is 622. The SMILES string of the molecule is C[C@H]1OC(=O)C2=C1N1CCc3ccccc3[C@@H]1C[C@@H]2O. The van der Waals surface area contributed by atoms with Crippen LogP contribution in [0.1, 0.15) is 30.5 Å². The summed E-state index contributed by atoms with van der Waals surface area (Å²) >= 11 is 0. The van der Waals surface area contributed by atoms with Gasteiger partial charge in [-0.15, -0.1) is 0 Å². The van der Waals surface area contributed by atoms with E-state index < -0.39 is 6.10 Å². The summed E-state index contributed by atoms with van der Waals surface area (Å²) in [6, 6.07) is 8.54. The number of esters is 1. The second-order valence-corrected chi connectivity index (χ2v) is 5.76. The number of aliphatic hydroxyl groups excluding tert-OH is 1. The summed E-state index contributed by atoms with van der Waals surface area (Å²) in [6.07, 6.45) is 0.577. The predicted octanol–water partition coefficient (Wildman–Crippen LogP) is 1.55. The normalized spacial score (nSPS) is 31.6. The van der Waals surface area contributed by atoms with E-state index in [4.69, 9.17) is 4.74 Å². The van der Waals surface area contributed by atoms with Crippen LogP contribution < -0.4 is 0 Å². The van der Waals surface area contributed by atoms with Gasteiger partial charge in [0.1, 0.15) is 6.10 Å². The molecule has 1 N–H and O–H groups in total. The second kappa shape index (κ2) is 4.09. The summed E-state index contributed by atoms with van der Waals surface area (Å²) in [7, 11) is 0. The molecular formula is C16H17NO3. The number of ether oxygens (including phenoxy) is 1. The quantitative estimate of drug-likeness (QED) is 0.727. The Morgan fingerprint density at radius 3 is 3.00 bits per heavy atom. The molecule has 0 saturated heterocycles. The van der Waals surface area contributed by atoms with E-state index in [2.05, 4.69) is 23.1 Å². The number of benzene rings is 1. The third-order valence-corrected chi connectivity index (χ3v) is 4.67. The van der Waals surface area contributed by atoms with E-state index in [1.807, 2.05) is 13.0 Å². The van der Waals surface area contributed by atoms with Gasteiger partial charge < -0.3 is 14.7 Å². The molecule has 1 aromatic rings. The Morgan fingerprint density at radius 2 is 2.15 bits per heavy atom. The monoisotopic (exact) mass is 271 g/mol. The van der Waals surface area contributed by atoms with Crippen molar-refractivity contribution in [3.8, 4) is 0 Å². The molecule has 3 aliphatic rings. The summed E-state index contributed by atoms with van der Waals surface area (Å²) in [5.41, 5.74) is 4.00. The second-order valence-electron chi connectivity index (χ2n) is 5.76. The van der Waals surface area contributed by atoms with Gasteiger partial charge in [0.25, 0.3) is 0 Å². The van der Waals surface area contributed by atoms with Crippen LogP contribution in [0.3, 0.4) is 0 Å². The summed E-state index contributed by atoms with van der Waals surface area (Å²) in [5, 5.41) is 10.3. The lowest BCUT2D eigenvalue weighted by Crippen LogP contribution is -2.43. The highest BCUT2D eigenvalue weighted by molar-refractivity contribution is 5.93. The molecule has 0 aromatic heterocycles. The molecule has 0 radical (unpaired) electrons. The largest absolute Gasteiger partial charge is 0.453 e. The van der Waals surface area contributed by atoms with Crippen LogP contribution in [0, 0.1) is 0 Å². The number of aliphatic hydroxyl groups is 1. The van der Waals surface area contributed by atoms with Crippen molar-refractivity contribution in [2.45, 2.75) is 38.0 Å². The molecule has 4 heteroatoms. The van der Waals surface area contributed by atoms with Gasteiger partial charge in [0, 0.05) is 13.0 Å². The van der Waals surface area contributed by atoms with E-state index in [0.29, 0.717) is 12.0 Å². The molecule has 3 atom stereocenters. The maximum Gasteiger partial charge on any atom is 0.339 e. The Hall–Kier alpha value is -1.81. The summed E-state index contributed by atoms with van der Waals surface area (Å²) in [5.74, 6) is -0.350. The number of carbonyl (C=O) groups is 1. The Labute approximate surface area is 117 Å². The van der Waals surface area contributed by atoms with Crippen LogP contribution in [-0.2, 0) is 16.0 Å². The van der Waals surface area contributed by atoms with Crippen molar-refractivity contribution >= 4 is 5.97 Å². The lowest BCUT2D eigenvalue weighted by atomic mass is 9.83. The highest BCUT2D eigenvalue weighted by Crippen LogP contribution is 2.44. The van der Waals surface area contributed by atoms with Crippen molar-refractivity contribution in [2.75, 3.05) is 6.54 Å². The Morgan fingerprint density at radius 1 is 1.35 bits per heavy atom. The van der Waals surface area contributed by atoms with E-state index in [1.54, 1.807) is 0 Å². The Kier molecular flexibility index (Phi) is 2.45. The number of hydrogen-bond acceptors (Lipinski definition) is 4. The zero-order valence-electron chi connectivity index (χ0n) is 11.4. The maximum absolute atomic E-state index is 11.9. The average molecular weight is 271 g/mol. The molecule has 0 fully saturated rings. The van der Waals surface area contributed by atoms with E-state index in [1.165, 1.54) is 11.1 Å². The molecule has 104 valence electrons. The third kappa shape index (κ3) is 1.48. The fraction of sp³-hybridized carbons (Fsp3) is 0.438. The fourth-order valence-electron chi connectivity index (χ4n) is 3.82. The fourth-order valence-corrected chi connectivity index (χ4v) is 3.82. The summed E-state index contributed by atoms with van der Waals surface area (Å²) < 4.78 is 5.30. The molecule has 4 rings (SSSR count). The molecule has 0 bridgehead atoms. The lowest BCUT2D eigenvalue weighted by molar-refractivity contribution is -0.140. The predicted molar refractivity (Wildman–Crippen MR) is 72.8 cm³/mol. The van der Waals surface area contributed by atoms with Crippen LogP contribution in [0.25, 0.3) is 0 Å². The molecule has 0 amide bonds. The molecular weight excluding hydrogens is 254 g/mol. The van der Waals surface area contributed by atoms with Crippen molar-refractivity contribution in [3.05, 3.63) is 46.7 Å². The number of carbonyl (C=O) groups excluding carboxylic acids is 1. The van der Waals surface area contributed by atoms with Gasteiger partial charge >= 0.3 is 5.97 Å².